The molecule has 2 heterocycles. The lowest BCUT2D eigenvalue weighted by molar-refractivity contribution is 0.0600. The summed E-state index contributed by atoms with van der Waals surface area (Å²) < 4.78 is 16.8. The highest BCUT2D eigenvalue weighted by atomic mass is 16.5. The standard InChI is InChI=1S/C28H25NO5/c1-32-28(31)21-11-9-20(10-12-21)16-25-26(30)22-13-14-24-23(27(22)34-25)17-29(18-33-24)15-5-8-19-6-3-2-4-7-19/h2-4,6-7,9-14,16H,5,8,15,17-18H2,1H3/b25-16-. The van der Waals surface area contributed by atoms with Gasteiger partial charge in [-0.1, -0.05) is 42.5 Å². The van der Waals surface area contributed by atoms with Crippen LogP contribution in [0.2, 0.25) is 0 Å². The lowest BCUT2D eigenvalue weighted by Gasteiger charge is -2.29. The van der Waals surface area contributed by atoms with E-state index in [1.165, 1.54) is 12.7 Å². The van der Waals surface area contributed by atoms with Crippen LogP contribution in [0.5, 0.6) is 11.5 Å². The molecular weight excluding hydrogens is 430 g/mol. The molecule has 0 unspecified atom stereocenters. The van der Waals surface area contributed by atoms with E-state index < -0.39 is 5.97 Å². The molecule has 6 heteroatoms. The summed E-state index contributed by atoms with van der Waals surface area (Å²) in [4.78, 5) is 26.9. The average Bonchev–Trinajstić information content (AvgIpc) is 3.20. The van der Waals surface area contributed by atoms with Crippen molar-refractivity contribution in [1.29, 1.82) is 0 Å². The molecule has 3 aromatic rings. The molecule has 0 aliphatic carbocycles. The second kappa shape index (κ2) is 9.53. The van der Waals surface area contributed by atoms with E-state index in [9.17, 15) is 9.59 Å². The molecule has 0 bridgehead atoms. The predicted molar refractivity (Wildman–Crippen MR) is 128 cm³/mol. The Bertz CT molecular complexity index is 1250. The first-order chi connectivity index (χ1) is 16.6. The Hall–Kier alpha value is -3.90. The maximum absolute atomic E-state index is 13.0. The van der Waals surface area contributed by atoms with Gasteiger partial charge in [0, 0.05) is 13.1 Å². The van der Waals surface area contributed by atoms with Gasteiger partial charge in [0.05, 0.1) is 23.8 Å². The fourth-order valence-corrected chi connectivity index (χ4v) is 4.28. The second-order valence-corrected chi connectivity index (χ2v) is 8.39. The smallest absolute Gasteiger partial charge is 0.337 e. The Balaban J connectivity index is 1.30. The van der Waals surface area contributed by atoms with Crippen LogP contribution in [-0.2, 0) is 17.7 Å². The molecular formula is C28H25NO5. The van der Waals surface area contributed by atoms with Crippen molar-refractivity contribution in [2.75, 3.05) is 20.4 Å². The van der Waals surface area contributed by atoms with Crippen molar-refractivity contribution >= 4 is 17.8 Å². The number of ether oxygens (including phenoxy) is 3. The maximum atomic E-state index is 13.0. The van der Waals surface area contributed by atoms with Crippen LogP contribution in [-0.4, -0.2) is 37.0 Å². The van der Waals surface area contributed by atoms with Crippen LogP contribution in [0.25, 0.3) is 6.08 Å². The predicted octanol–water partition coefficient (Wildman–Crippen LogP) is 4.87. The Morgan fingerprint density at radius 3 is 2.62 bits per heavy atom. The maximum Gasteiger partial charge on any atom is 0.337 e. The topological polar surface area (TPSA) is 65.1 Å². The summed E-state index contributed by atoms with van der Waals surface area (Å²) in [5.41, 5.74) is 3.99. The van der Waals surface area contributed by atoms with Crippen molar-refractivity contribution < 1.29 is 23.8 Å². The number of allylic oxidation sites excluding steroid dienone is 1. The lowest BCUT2D eigenvalue weighted by Crippen LogP contribution is -2.33. The van der Waals surface area contributed by atoms with Crippen LogP contribution in [0.1, 0.15) is 43.8 Å². The number of rotatable bonds is 6. The summed E-state index contributed by atoms with van der Waals surface area (Å²) in [7, 11) is 1.34. The fourth-order valence-electron chi connectivity index (χ4n) is 4.28. The van der Waals surface area contributed by atoms with E-state index in [1.807, 2.05) is 12.1 Å². The van der Waals surface area contributed by atoms with Gasteiger partial charge in [0.25, 0.3) is 0 Å². The highest BCUT2D eigenvalue weighted by Gasteiger charge is 2.33. The Morgan fingerprint density at radius 2 is 1.85 bits per heavy atom. The van der Waals surface area contributed by atoms with Crippen molar-refractivity contribution in [2.45, 2.75) is 19.4 Å². The third kappa shape index (κ3) is 4.45. The number of fused-ring (bicyclic) bond motifs is 3. The van der Waals surface area contributed by atoms with Gasteiger partial charge < -0.3 is 14.2 Å². The molecule has 172 valence electrons. The molecule has 0 amide bonds. The lowest BCUT2D eigenvalue weighted by atomic mass is 10.0. The van der Waals surface area contributed by atoms with Gasteiger partial charge in [0.15, 0.2) is 5.76 Å². The Kier molecular flexibility index (Phi) is 6.14. The number of aryl methyl sites for hydroxylation is 1. The third-order valence-electron chi connectivity index (χ3n) is 6.09. The normalized spacial score (nSPS) is 15.9. The number of esters is 1. The molecule has 34 heavy (non-hydrogen) atoms. The van der Waals surface area contributed by atoms with Gasteiger partial charge >= 0.3 is 5.97 Å². The largest absolute Gasteiger partial charge is 0.478 e. The minimum atomic E-state index is -0.403. The first kappa shape index (κ1) is 21.9. The van der Waals surface area contributed by atoms with Crippen molar-refractivity contribution in [2.24, 2.45) is 0 Å². The van der Waals surface area contributed by atoms with Gasteiger partial charge in [-0.05, 0) is 54.3 Å². The van der Waals surface area contributed by atoms with Crippen LogP contribution in [0.3, 0.4) is 0 Å². The molecule has 2 aliphatic heterocycles. The zero-order valence-electron chi connectivity index (χ0n) is 19.0. The van der Waals surface area contributed by atoms with Crippen molar-refractivity contribution in [3.63, 3.8) is 0 Å². The number of Topliss-reactive ketones (excluding diaryl/α,β-unsaturated/α-hetero) is 1. The quantitative estimate of drug-likeness (QED) is 0.390. The number of hydrogen-bond acceptors (Lipinski definition) is 6. The SMILES string of the molecule is COC(=O)c1ccc(/C=C2\Oc3c(ccc4c3CN(CCCc3ccccc3)CO4)C2=O)cc1. The van der Waals surface area contributed by atoms with E-state index in [1.54, 1.807) is 36.4 Å². The number of carbonyl (C=O) groups excluding carboxylic acids is 2. The number of methoxy groups -OCH3 is 1. The van der Waals surface area contributed by atoms with E-state index in [-0.39, 0.29) is 11.5 Å². The Morgan fingerprint density at radius 1 is 1.06 bits per heavy atom. The van der Waals surface area contributed by atoms with Crippen LogP contribution >= 0.6 is 0 Å². The van der Waals surface area contributed by atoms with Crippen LogP contribution in [0, 0.1) is 0 Å². The van der Waals surface area contributed by atoms with Crippen LogP contribution in [0.15, 0.2) is 72.5 Å². The summed E-state index contributed by atoms with van der Waals surface area (Å²) >= 11 is 0. The number of benzene rings is 3. The first-order valence-electron chi connectivity index (χ1n) is 11.3. The first-order valence-corrected chi connectivity index (χ1v) is 11.3. The van der Waals surface area contributed by atoms with Gasteiger partial charge in [-0.15, -0.1) is 0 Å². The molecule has 3 aromatic carbocycles. The zero-order chi connectivity index (χ0) is 23.5. The van der Waals surface area contributed by atoms with E-state index >= 15 is 0 Å². The highest BCUT2D eigenvalue weighted by Crippen LogP contribution is 2.42. The minimum absolute atomic E-state index is 0.156. The van der Waals surface area contributed by atoms with Crippen molar-refractivity contribution in [3.05, 3.63) is 100 Å². The molecule has 0 radical (unpaired) electrons. The molecule has 0 saturated heterocycles. The zero-order valence-corrected chi connectivity index (χ0v) is 19.0. The Labute approximate surface area is 198 Å². The van der Waals surface area contributed by atoms with E-state index in [2.05, 4.69) is 29.2 Å². The monoisotopic (exact) mass is 455 g/mol. The van der Waals surface area contributed by atoms with Gasteiger partial charge in [-0.2, -0.15) is 0 Å². The summed E-state index contributed by atoms with van der Waals surface area (Å²) in [6.45, 7) is 2.08. The van der Waals surface area contributed by atoms with E-state index in [0.29, 0.717) is 30.2 Å². The van der Waals surface area contributed by atoms with Gasteiger partial charge in [-0.3, -0.25) is 9.69 Å². The molecule has 0 atom stereocenters. The van der Waals surface area contributed by atoms with Gasteiger partial charge in [0.1, 0.15) is 18.2 Å². The summed E-state index contributed by atoms with van der Waals surface area (Å²) in [6.07, 6.45) is 3.72. The third-order valence-corrected chi connectivity index (χ3v) is 6.09. The van der Waals surface area contributed by atoms with E-state index in [0.717, 1.165) is 36.3 Å². The van der Waals surface area contributed by atoms with E-state index in [4.69, 9.17) is 14.2 Å². The molecule has 6 nitrogen and oxygen atoms in total. The molecule has 0 saturated carbocycles. The van der Waals surface area contributed by atoms with Crippen LogP contribution < -0.4 is 9.47 Å². The number of carbonyl (C=O) groups is 2. The van der Waals surface area contributed by atoms with Gasteiger partial charge in [-0.25, -0.2) is 4.79 Å². The van der Waals surface area contributed by atoms with Gasteiger partial charge in [0.2, 0.25) is 5.78 Å². The average molecular weight is 456 g/mol. The highest BCUT2D eigenvalue weighted by molar-refractivity contribution is 6.15. The molecule has 0 spiro atoms. The number of ketones is 1. The summed E-state index contributed by atoms with van der Waals surface area (Å²) in [6, 6.07) is 20.9. The molecule has 0 N–H and O–H groups in total. The molecule has 5 rings (SSSR count). The minimum Gasteiger partial charge on any atom is -0.478 e. The molecule has 0 fully saturated rings. The second-order valence-electron chi connectivity index (χ2n) is 8.39. The fraction of sp³-hybridized carbons (Fsp3) is 0.214. The van der Waals surface area contributed by atoms with Crippen LogP contribution in [0.4, 0.5) is 0 Å². The number of hydrogen-bond donors (Lipinski definition) is 0. The van der Waals surface area contributed by atoms with Crippen molar-refractivity contribution in [3.8, 4) is 11.5 Å². The molecule has 0 aromatic heterocycles. The summed E-state index contributed by atoms with van der Waals surface area (Å²) in [5.74, 6) is 1.04. The number of nitrogens with zero attached hydrogens (tertiary/aromatic N) is 1. The van der Waals surface area contributed by atoms with Crippen molar-refractivity contribution in [1.82, 2.24) is 4.90 Å². The molecule has 2 aliphatic rings. The summed E-state index contributed by atoms with van der Waals surface area (Å²) in [5, 5.41) is 0.